The smallest absolute Gasteiger partial charge is 0.480 e. The summed E-state index contributed by atoms with van der Waals surface area (Å²) in [6.45, 7) is 3.88. The highest BCUT2D eigenvalue weighted by Gasteiger charge is 2.41. The minimum absolute atomic E-state index is 0.0969. The van der Waals surface area contributed by atoms with Crippen LogP contribution in [0.25, 0.3) is 0 Å². The number of nitrogens with one attached hydrogen (secondary N) is 1. The highest BCUT2D eigenvalue weighted by molar-refractivity contribution is 6.30. The van der Waals surface area contributed by atoms with E-state index in [1.165, 1.54) is 0 Å². The number of aromatic nitrogens is 2. The van der Waals surface area contributed by atoms with Crippen LogP contribution in [-0.4, -0.2) is 39.4 Å². The topological polar surface area (TPSA) is 85.6 Å². The summed E-state index contributed by atoms with van der Waals surface area (Å²) in [7, 11) is 0. The van der Waals surface area contributed by atoms with Gasteiger partial charge in [-0.3, -0.25) is 14.2 Å². The Bertz CT molecular complexity index is 1040. The number of rotatable bonds is 7. The van der Waals surface area contributed by atoms with Crippen molar-refractivity contribution in [1.82, 2.24) is 15.1 Å². The van der Waals surface area contributed by atoms with Crippen LogP contribution < -0.4 is 10.1 Å². The Hall–Kier alpha value is -2.56. The molecule has 1 aliphatic carbocycles. The fourth-order valence-corrected chi connectivity index (χ4v) is 4.12. The predicted octanol–water partition coefficient (Wildman–Crippen LogP) is 4.22. The van der Waals surface area contributed by atoms with Crippen molar-refractivity contribution in [2.45, 2.75) is 62.8 Å². The van der Waals surface area contributed by atoms with E-state index in [0.717, 1.165) is 5.56 Å². The number of hydrogen-bond donors (Lipinski definition) is 2. The number of fused-ring (bicyclic) bond motifs is 1. The molecule has 1 saturated carbocycles. The SMILES string of the molecule is C=C(CCc1cnn([C@H]2C[C@@H](OC(F)(F)F)C2)c1)NC(=O)[C@H]1C[C@@H](O)c2cc(Cl)ccc2O1. The number of nitrogens with zero attached hydrogens (tertiary/aromatic N) is 2. The lowest BCUT2D eigenvalue weighted by atomic mass is 9.89. The summed E-state index contributed by atoms with van der Waals surface area (Å²) < 4.78 is 48.1. The highest BCUT2D eigenvalue weighted by atomic mass is 35.5. The maximum atomic E-state index is 12.6. The van der Waals surface area contributed by atoms with Gasteiger partial charge in [0.05, 0.1) is 24.4 Å². The Kier molecular flexibility index (Phi) is 6.69. The number of ether oxygens (including phenoxy) is 2. The minimum Gasteiger partial charge on any atom is -0.480 e. The van der Waals surface area contributed by atoms with E-state index in [2.05, 4.69) is 21.7 Å². The molecule has 0 unspecified atom stereocenters. The van der Waals surface area contributed by atoms with Gasteiger partial charge in [-0.2, -0.15) is 5.10 Å². The highest BCUT2D eigenvalue weighted by Crippen LogP contribution is 2.38. The number of allylic oxidation sites excluding steroid dienone is 1. The van der Waals surface area contributed by atoms with Gasteiger partial charge >= 0.3 is 6.36 Å². The van der Waals surface area contributed by atoms with Gasteiger partial charge in [-0.05, 0) is 49.4 Å². The summed E-state index contributed by atoms with van der Waals surface area (Å²) in [5.74, 6) is 0.00992. The van der Waals surface area contributed by atoms with Gasteiger partial charge in [-0.15, -0.1) is 13.2 Å². The Labute approximate surface area is 193 Å². The van der Waals surface area contributed by atoms with Crippen LogP contribution in [0.2, 0.25) is 5.02 Å². The molecule has 1 aromatic carbocycles. The molecule has 178 valence electrons. The van der Waals surface area contributed by atoms with Gasteiger partial charge < -0.3 is 15.2 Å². The van der Waals surface area contributed by atoms with Gasteiger partial charge in [0, 0.05) is 28.9 Å². The first kappa shape index (κ1) is 23.6. The van der Waals surface area contributed by atoms with Crippen LogP contribution in [0, 0.1) is 0 Å². The molecule has 1 aromatic heterocycles. The number of halogens is 4. The van der Waals surface area contributed by atoms with Crippen LogP contribution >= 0.6 is 11.6 Å². The summed E-state index contributed by atoms with van der Waals surface area (Å²) in [5, 5.41) is 17.7. The van der Waals surface area contributed by atoms with E-state index in [9.17, 15) is 23.1 Å². The van der Waals surface area contributed by atoms with Crippen molar-refractivity contribution in [2.24, 2.45) is 0 Å². The zero-order chi connectivity index (χ0) is 23.8. The lowest BCUT2D eigenvalue weighted by Crippen LogP contribution is -2.41. The predicted molar refractivity (Wildman–Crippen MR) is 112 cm³/mol. The molecule has 0 radical (unpaired) electrons. The van der Waals surface area contributed by atoms with Gasteiger partial charge in [-0.1, -0.05) is 18.2 Å². The fourth-order valence-electron chi connectivity index (χ4n) is 3.94. The first-order valence-corrected chi connectivity index (χ1v) is 10.9. The first-order valence-electron chi connectivity index (χ1n) is 10.5. The molecule has 1 aliphatic heterocycles. The molecule has 11 heteroatoms. The first-order chi connectivity index (χ1) is 15.6. The molecule has 2 aromatic rings. The number of amides is 1. The number of aryl methyl sites for hydroxylation is 1. The second kappa shape index (κ2) is 9.36. The standard InChI is InChI=1S/C22H23ClF3N3O4/c1-12(28-21(31)20-9-18(30)17-6-14(23)4-5-19(17)32-20)2-3-13-10-27-29(11-13)15-7-16(8-15)33-22(24,25)26/h4-6,10-11,15-16,18,20,30H,1-3,7-9H2,(H,28,31)/t15-,16+,18-,20-/m1/s1. The van der Waals surface area contributed by atoms with E-state index in [-0.39, 0.29) is 25.3 Å². The number of alkyl halides is 3. The van der Waals surface area contributed by atoms with Crippen molar-refractivity contribution in [3.63, 3.8) is 0 Å². The van der Waals surface area contributed by atoms with Crippen LogP contribution in [0.3, 0.4) is 0 Å². The molecular weight excluding hydrogens is 463 g/mol. The lowest BCUT2D eigenvalue weighted by molar-refractivity contribution is -0.353. The number of carbonyl (C=O) groups excluding carboxylic acids is 1. The summed E-state index contributed by atoms with van der Waals surface area (Å²) >= 11 is 5.94. The molecule has 0 bridgehead atoms. The second-order valence-corrected chi connectivity index (χ2v) is 8.71. The zero-order valence-corrected chi connectivity index (χ0v) is 18.3. The van der Waals surface area contributed by atoms with Gasteiger partial charge in [0.15, 0.2) is 6.10 Å². The molecule has 4 rings (SSSR count). The Balaban J connectivity index is 1.23. The molecule has 1 fully saturated rings. The van der Waals surface area contributed by atoms with Gasteiger partial charge in [0.2, 0.25) is 0 Å². The van der Waals surface area contributed by atoms with Gasteiger partial charge in [0.1, 0.15) is 5.75 Å². The fraction of sp³-hybridized carbons (Fsp3) is 0.455. The normalized spacial score (nSPS) is 24.4. The summed E-state index contributed by atoms with van der Waals surface area (Å²) in [5.41, 5.74) is 1.90. The van der Waals surface area contributed by atoms with Crippen LogP contribution in [0.1, 0.15) is 49.0 Å². The van der Waals surface area contributed by atoms with E-state index in [0.29, 0.717) is 34.9 Å². The number of benzene rings is 1. The van der Waals surface area contributed by atoms with Gasteiger partial charge in [-0.25, -0.2) is 0 Å². The average molecular weight is 486 g/mol. The molecule has 1 amide bonds. The maximum Gasteiger partial charge on any atom is 0.522 e. The van der Waals surface area contributed by atoms with Crippen LogP contribution in [0.4, 0.5) is 13.2 Å². The zero-order valence-electron chi connectivity index (χ0n) is 17.5. The van der Waals surface area contributed by atoms with E-state index in [1.54, 1.807) is 35.3 Å². The lowest BCUT2D eigenvalue weighted by Gasteiger charge is -2.35. The third kappa shape index (κ3) is 5.87. The monoisotopic (exact) mass is 485 g/mol. The quantitative estimate of drug-likeness (QED) is 0.613. The number of aliphatic hydroxyl groups excluding tert-OH is 1. The van der Waals surface area contributed by atoms with Crippen molar-refractivity contribution in [3.8, 4) is 5.75 Å². The Morgan fingerprint density at radius 3 is 2.85 bits per heavy atom. The van der Waals surface area contributed by atoms with Crippen LogP contribution in [0.5, 0.6) is 5.75 Å². The third-order valence-corrected chi connectivity index (χ3v) is 5.98. The summed E-state index contributed by atoms with van der Waals surface area (Å²) in [6.07, 6.45) is -2.14. The molecule has 2 atom stereocenters. The molecule has 7 nitrogen and oxygen atoms in total. The van der Waals surface area contributed by atoms with E-state index >= 15 is 0 Å². The largest absolute Gasteiger partial charge is 0.522 e. The number of aliphatic hydroxyl groups is 1. The van der Waals surface area contributed by atoms with E-state index < -0.39 is 30.6 Å². The van der Waals surface area contributed by atoms with Crippen molar-refractivity contribution in [3.05, 3.63) is 59.0 Å². The third-order valence-electron chi connectivity index (χ3n) is 5.74. The molecule has 2 heterocycles. The van der Waals surface area contributed by atoms with Gasteiger partial charge in [0.25, 0.3) is 5.91 Å². The molecule has 0 saturated heterocycles. The van der Waals surface area contributed by atoms with E-state index in [4.69, 9.17) is 16.3 Å². The summed E-state index contributed by atoms with van der Waals surface area (Å²) in [6, 6.07) is 4.73. The van der Waals surface area contributed by atoms with Crippen LogP contribution in [-0.2, 0) is 16.0 Å². The second-order valence-electron chi connectivity index (χ2n) is 8.27. The summed E-state index contributed by atoms with van der Waals surface area (Å²) in [4.78, 5) is 12.6. The minimum atomic E-state index is -4.62. The van der Waals surface area contributed by atoms with Crippen LogP contribution in [0.15, 0.2) is 42.9 Å². The molecule has 0 spiro atoms. The molecule has 2 aliphatic rings. The van der Waals surface area contributed by atoms with Crippen molar-refractivity contribution in [2.75, 3.05) is 0 Å². The molecular formula is C22H23ClF3N3O4. The Morgan fingerprint density at radius 2 is 2.12 bits per heavy atom. The average Bonchev–Trinajstić information content (AvgIpc) is 3.17. The molecule has 33 heavy (non-hydrogen) atoms. The number of hydrogen-bond acceptors (Lipinski definition) is 5. The maximum absolute atomic E-state index is 12.6. The number of carbonyl (C=O) groups is 1. The van der Waals surface area contributed by atoms with Crippen molar-refractivity contribution in [1.29, 1.82) is 0 Å². The Morgan fingerprint density at radius 1 is 1.36 bits per heavy atom. The van der Waals surface area contributed by atoms with Crippen molar-refractivity contribution >= 4 is 17.5 Å². The van der Waals surface area contributed by atoms with Crippen molar-refractivity contribution < 1.29 is 32.5 Å². The molecule has 2 N–H and O–H groups in total. The van der Waals surface area contributed by atoms with E-state index in [1.807, 2.05) is 0 Å².